The van der Waals surface area contributed by atoms with Crippen molar-refractivity contribution in [1.82, 2.24) is 19.4 Å². The van der Waals surface area contributed by atoms with Crippen molar-refractivity contribution in [3.63, 3.8) is 0 Å². The summed E-state index contributed by atoms with van der Waals surface area (Å²) in [5.74, 6) is -0.662. The third-order valence-electron chi connectivity index (χ3n) is 3.76. The molecule has 1 aromatic rings. The molecule has 1 aliphatic heterocycles. The van der Waals surface area contributed by atoms with E-state index in [0.29, 0.717) is 24.4 Å². The number of carbonyl (C=O) groups excluding carboxylic acids is 1. The smallest absolute Gasteiger partial charge is 0.247 e. The van der Waals surface area contributed by atoms with Crippen molar-refractivity contribution in [2.75, 3.05) is 19.6 Å². The number of sulfonamides is 1. The Morgan fingerprint density at radius 1 is 1.52 bits per heavy atom. The van der Waals surface area contributed by atoms with Crippen molar-refractivity contribution in [3.8, 4) is 0 Å². The number of hydrogen-bond acceptors (Lipinski definition) is 5. The summed E-state index contributed by atoms with van der Waals surface area (Å²) in [4.78, 5) is 11.5. The monoisotopic (exact) mass is 315 g/mol. The van der Waals surface area contributed by atoms with Gasteiger partial charge >= 0.3 is 0 Å². The first kappa shape index (κ1) is 15.9. The Balaban J connectivity index is 2.48. The van der Waals surface area contributed by atoms with E-state index in [2.05, 4.69) is 10.4 Å². The van der Waals surface area contributed by atoms with Crippen LogP contribution in [0.3, 0.4) is 0 Å². The molecule has 0 radical (unpaired) electrons. The average molecular weight is 315 g/mol. The molecule has 0 saturated carbocycles. The first-order valence-corrected chi connectivity index (χ1v) is 8.20. The Bertz CT molecular complexity index is 646. The summed E-state index contributed by atoms with van der Waals surface area (Å²) in [6.07, 6.45) is 0.658. The van der Waals surface area contributed by atoms with Gasteiger partial charge in [-0.15, -0.1) is 0 Å². The topological polar surface area (TPSA) is 110 Å². The number of nitrogens with two attached hydrogens (primary N) is 1. The van der Waals surface area contributed by atoms with Crippen LogP contribution in [-0.4, -0.2) is 54.1 Å². The van der Waals surface area contributed by atoms with Gasteiger partial charge in [0.2, 0.25) is 15.9 Å². The second kappa shape index (κ2) is 5.74. The summed E-state index contributed by atoms with van der Waals surface area (Å²) < 4.78 is 28.6. The van der Waals surface area contributed by atoms with E-state index < -0.39 is 15.9 Å². The summed E-state index contributed by atoms with van der Waals surface area (Å²) >= 11 is 0. The highest BCUT2D eigenvalue weighted by Crippen LogP contribution is 2.25. The van der Waals surface area contributed by atoms with Crippen LogP contribution < -0.4 is 11.1 Å². The number of aryl methyl sites for hydroxylation is 2. The van der Waals surface area contributed by atoms with Gasteiger partial charge in [0.1, 0.15) is 4.90 Å². The molecule has 1 atom stereocenters. The fourth-order valence-corrected chi connectivity index (χ4v) is 4.72. The van der Waals surface area contributed by atoms with E-state index in [1.165, 1.54) is 8.99 Å². The summed E-state index contributed by atoms with van der Waals surface area (Å²) in [5, 5.41) is 7.25. The van der Waals surface area contributed by atoms with E-state index in [9.17, 15) is 13.2 Å². The van der Waals surface area contributed by atoms with Crippen LogP contribution in [-0.2, 0) is 21.9 Å². The van der Waals surface area contributed by atoms with Crippen molar-refractivity contribution in [1.29, 1.82) is 0 Å². The zero-order valence-corrected chi connectivity index (χ0v) is 13.3. The van der Waals surface area contributed by atoms with Crippen LogP contribution in [0.15, 0.2) is 4.90 Å². The van der Waals surface area contributed by atoms with Gasteiger partial charge in [-0.3, -0.25) is 9.48 Å². The van der Waals surface area contributed by atoms with Crippen molar-refractivity contribution in [3.05, 3.63) is 11.4 Å². The molecule has 1 aromatic heterocycles. The summed E-state index contributed by atoms with van der Waals surface area (Å²) in [6, 6.07) is -0.262. The minimum Gasteiger partial charge on any atom is -0.369 e. The van der Waals surface area contributed by atoms with Crippen molar-refractivity contribution in [2.24, 2.45) is 12.8 Å². The molecular weight excluding hydrogens is 294 g/mol. The zero-order chi connectivity index (χ0) is 15.8. The lowest BCUT2D eigenvalue weighted by Crippen LogP contribution is -2.46. The molecule has 118 valence electrons. The second-order valence-electron chi connectivity index (χ2n) is 5.29. The molecule has 3 N–H and O–H groups in total. The molecule has 0 aliphatic carbocycles. The van der Waals surface area contributed by atoms with Gasteiger partial charge in [-0.1, -0.05) is 0 Å². The fraction of sp³-hybridized carbons (Fsp3) is 0.667. The Labute approximate surface area is 124 Å². The van der Waals surface area contributed by atoms with Gasteiger partial charge in [0.15, 0.2) is 0 Å². The lowest BCUT2D eigenvalue weighted by molar-refractivity contribution is -0.118. The molecule has 1 unspecified atom stereocenters. The van der Waals surface area contributed by atoms with Gasteiger partial charge in [0, 0.05) is 19.6 Å². The molecule has 1 amide bonds. The third-order valence-corrected chi connectivity index (χ3v) is 5.91. The summed E-state index contributed by atoms with van der Waals surface area (Å²) in [5.41, 5.74) is 6.21. The van der Waals surface area contributed by atoms with E-state index in [-0.39, 0.29) is 17.5 Å². The Kier molecular flexibility index (Phi) is 4.35. The van der Waals surface area contributed by atoms with Gasteiger partial charge in [0.05, 0.1) is 17.9 Å². The van der Waals surface area contributed by atoms with Crippen LogP contribution in [0.4, 0.5) is 0 Å². The van der Waals surface area contributed by atoms with E-state index >= 15 is 0 Å². The number of hydrogen-bond donors (Lipinski definition) is 2. The van der Waals surface area contributed by atoms with Gasteiger partial charge in [-0.25, -0.2) is 8.42 Å². The van der Waals surface area contributed by atoms with E-state index in [0.717, 1.165) is 6.54 Å². The van der Waals surface area contributed by atoms with Crippen LogP contribution in [0, 0.1) is 13.8 Å². The second-order valence-corrected chi connectivity index (χ2v) is 7.11. The van der Waals surface area contributed by atoms with Crippen LogP contribution in [0.2, 0.25) is 0 Å². The Hall–Kier alpha value is -1.45. The largest absolute Gasteiger partial charge is 0.369 e. The number of amides is 1. The Morgan fingerprint density at radius 2 is 2.19 bits per heavy atom. The molecule has 21 heavy (non-hydrogen) atoms. The molecule has 2 heterocycles. The summed E-state index contributed by atoms with van der Waals surface area (Å²) in [6.45, 7) is 4.27. The Morgan fingerprint density at radius 3 is 2.62 bits per heavy atom. The number of primary amides is 1. The van der Waals surface area contributed by atoms with Crippen LogP contribution >= 0.6 is 0 Å². The molecule has 9 heteroatoms. The minimum absolute atomic E-state index is 0.165. The molecule has 1 fully saturated rings. The quantitative estimate of drug-likeness (QED) is 0.715. The van der Waals surface area contributed by atoms with Crippen molar-refractivity contribution in [2.45, 2.75) is 31.2 Å². The zero-order valence-electron chi connectivity index (χ0n) is 12.5. The van der Waals surface area contributed by atoms with E-state index in [1.54, 1.807) is 20.9 Å². The minimum atomic E-state index is -3.81. The first-order chi connectivity index (χ1) is 9.75. The molecule has 0 aromatic carbocycles. The average Bonchev–Trinajstić information content (AvgIpc) is 2.95. The molecule has 0 bridgehead atoms. The maximum absolute atomic E-state index is 12.9. The SMILES string of the molecule is Cc1nn(C)c(C)c1S(=O)(=O)N(CC(N)=O)C1CCNC1. The highest BCUT2D eigenvalue weighted by molar-refractivity contribution is 7.89. The number of aromatic nitrogens is 2. The molecule has 1 saturated heterocycles. The molecule has 0 spiro atoms. The first-order valence-electron chi connectivity index (χ1n) is 6.76. The van der Waals surface area contributed by atoms with Crippen LogP contribution in [0.1, 0.15) is 17.8 Å². The van der Waals surface area contributed by atoms with Crippen molar-refractivity contribution >= 4 is 15.9 Å². The normalized spacial score (nSPS) is 19.3. The highest BCUT2D eigenvalue weighted by Gasteiger charge is 2.37. The highest BCUT2D eigenvalue weighted by atomic mass is 32.2. The number of nitrogens with zero attached hydrogens (tertiary/aromatic N) is 3. The lowest BCUT2D eigenvalue weighted by Gasteiger charge is -2.26. The van der Waals surface area contributed by atoms with Crippen LogP contribution in [0.25, 0.3) is 0 Å². The summed E-state index contributed by atoms with van der Waals surface area (Å²) in [7, 11) is -2.12. The van der Waals surface area contributed by atoms with E-state index in [1.807, 2.05) is 0 Å². The standard InChI is InChI=1S/C12H21N5O3S/c1-8-12(9(2)16(3)15-8)21(19,20)17(7-11(13)18)10-4-5-14-6-10/h10,14H,4-7H2,1-3H3,(H2,13,18). The third kappa shape index (κ3) is 2.94. The van der Waals surface area contributed by atoms with Crippen molar-refractivity contribution < 1.29 is 13.2 Å². The molecule has 8 nitrogen and oxygen atoms in total. The number of rotatable bonds is 5. The fourth-order valence-electron chi connectivity index (χ4n) is 2.69. The van der Waals surface area contributed by atoms with E-state index in [4.69, 9.17) is 5.73 Å². The number of carbonyl (C=O) groups is 1. The predicted molar refractivity (Wildman–Crippen MR) is 77.0 cm³/mol. The maximum atomic E-state index is 12.9. The van der Waals surface area contributed by atoms with Crippen LogP contribution in [0.5, 0.6) is 0 Å². The van der Waals surface area contributed by atoms with Gasteiger partial charge in [-0.05, 0) is 26.8 Å². The molecule has 2 rings (SSSR count). The van der Waals surface area contributed by atoms with Gasteiger partial charge < -0.3 is 11.1 Å². The van der Waals surface area contributed by atoms with Gasteiger partial charge in [-0.2, -0.15) is 9.40 Å². The predicted octanol–water partition coefficient (Wildman–Crippen LogP) is -1.13. The maximum Gasteiger partial charge on any atom is 0.247 e. The lowest BCUT2D eigenvalue weighted by atomic mass is 10.2. The molecular formula is C12H21N5O3S. The number of nitrogens with one attached hydrogen (secondary N) is 1. The van der Waals surface area contributed by atoms with Gasteiger partial charge in [0.25, 0.3) is 0 Å². The molecule has 1 aliphatic rings.